The molecule has 0 aliphatic heterocycles. The number of rotatable bonds is 7. The number of amides is 1. The molecule has 1 fully saturated rings. The molecule has 3 heterocycles. The Bertz CT molecular complexity index is 1530. The lowest BCUT2D eigenvalue weighted by Crippen LogP contribution is -2.45. The fourth-order valence-corrected chi connectivity index (χ4v) is 5.87. The number of nitrogens with two attached hydrogens (primary N) is 1. The molecular formula is C30H34F2N6O2. The first-order valence-electron chi connectivity index (χ1n) is 13.5. The van der Waals surface area contributed by atoms with E-state index in [1.807, 2.05) is 12.3 Å². The van der Waals surface area contributed by atoms with Gasteiger partial charge in [0.25, 0.3) is 5.91 Å². The predicted molar refractivity (Wildman–Crippen MR) is 148 cm³/mol. The van der Waals surface area contributed by atoms with E-state index in [2.05, 4.69) is 27.3 Å². The van der Waals surface area contributed by atoms with E-state index in [4.69, 9.17) is 10.5 Å². The van der Waals surface area contributed by atoms with E-state index in [-0.39, 0.29) is 40.9 Å². The zero-order chi connectivity index (χ0) is 28.6. The minimum Gasteiger partial charge on any atom is -0.380 e. The van der Waals surface area contributed by atoms with Crippen molar-refractivity contribution in [3.8, 4) is 11.3 Å². The van der Waals surface area contributed by atoms with Crippen LogP contribution in [0.25, 0.3) is 16.8 Å². The summed E-state index contributed by atoms with van der Waals surface area (Å²) in [6, 6.07) is 7.22. The van der Waals surface area contributed by atoms with Crippen LogP contribution in [0.3, 0.4) is 0 Å². The Morgan fingerprint density at radius 2 is 1.98 bits per heavy atom. The second-order valence-electron chi connectivity index (χ2n) is 10.9. The van der Waals surface area contributed by atoms with Crippen molar-refractivity contribution in [2.75, 3.05) is 7.11 Å². The molecule has 3 aromatic heterocycles. The number of pyridine rings is 1. The number of carbonyl (C=O) groups excluding carboxylic acids is 1. The van der Waals surface area contributed by atoms with Crippen molar-refractivity contribution in [2.45, 2.75) is 64.1 Å². The maximum absolute atomic E-state index is 15.5. The molecule has 3 N–H and O–H groups in total. The summed E-state index contributed by atoms with van der Waals surface area (Å²) in [5, 5.41) is 7.20. The van der Waals surface area contributed by atoms with E-state index in [0.717, 1.165) is 36.1 Å². The van der Waals surface area contributed by atoms with Crippen LogP contribution in [0.4, 0.5) is 8.78 Å². The summed E-state index contributed by atoms with van der Waals surface area (Å²) < 4.78 is 37.6. The zero-order valence-electron chi connectivity index (χ0n) is 23.1. The highest BCUT2D eigenvalue weighted by Crippen LogP contribution is 2.38. The normalized spacial score (nSPS) is 21.2. The van der Waals surface area contributed by atoms with Gasteiger partial charge >= 0.3 is 0 Å². The number of halogens is 2. The minimum absolute atomic E-state index is 0.0242. The van der Waals surface area contributed by atoms with Crippen molar-refractivity contribution in [1.82, 2.24) is 24.9 Å². The number of benzene rings is 1. The van der Waals surface area contributed by atoms with Gasteiger partial charge in [0.1, 0.15) is 17.5 Å². The van der Waals surface area contributed by atoms with E-state index < -0.39 is 17.5 Å². The lowest BCUT2D eigenvalue weighted by Gasteiger charge is -2.38. The summed E-state index contributed by atoms with van der Waals surface area (Å²) in [5.74, 6) is -1.23. The molecule has 0 bridgehead atoms. The lowest BCUT2D eigenvalue weighted by molar-refractivity contribution is 0.00970. The molecule has 4 aromatic rings. The summed E-state index contributed by atoms with van der Waals surface area (Å²) in [6.07, 6.45) is 7.46. The molecule has 1 aromatic carbocycles. The molecule has 210 valence electrons. The van der Waals surface area contributed by atoms with Gasteiger partial charge in [0.2, 0.25) is 0 Å². The summed E-state index contributed by atoms with van der Waals surface area (Å²) in [4.78, 5) is 21.4. The van der Waals surface area contributed by atoms with Crippen molar-refractivity contribution >= 4 is 11.4 Å². The Morgan fingerprint density at radius 1 is 1.18 bits per heavy atom. The monoisotopic (exact) mass is 548 g/mol. The second kappa shape index (κ2) is 11.4. The van der Waals surface area contributed by atoms with Gasteiger partial charge in [-0.25, -0.2) is 18.3 Å². The second-order valence-corrected chi connectivity index (χ2v) is 10.9. The number of hydrogen-bond acceptors (Lipinski definition) is 6. The Hall–Kier alpha value is -3.76. The van der Waals surface area contributed by atoms with Crippen molar-refractivity contribution in [2.24, 2.45) is 11.7 Å². The SMILES string of the molecule is CO[C@@H]1[C@H](N)C[C@H](c2ccncc2Cc2ncc3ccc(-c4c(F)ccc(C(=O)NC(C)C)c4F)nn23)C[C@@H]1C. The van der Waals surface area contributed by atoms with Crippen molar-refractivity contribution in [3.63, 3.8) is 0 Å². The molecule has 1 amide bonds. The van der Waals surface area contributed by atoms with Gasteiger partial charge in [-0.05, 0) is 80.0 Å². The Balaban J connectivity index is 1.49. The molecule has 0 radical (unpaired) electrons. The first-order chi connectivity index (χ1) is 19.2. The summed E-state index contributed by atoms with van der Waals surface area (Å²) in [5.41, 5.74) is 8.74. The quantitative estimate of drug-likeness (QED) is 0.348. The fraction of sp³-hybridized carbons (Fsp3) is 0.400. The van der Waals surface area contributed by atoms with E-state index in [1.165, 1.54) is 6.07 Å². The highest BCUT2D eigenvalue weighted by molar-refractivity contribution is 5.96. The van der Waals surface area contributed by atoms with Crippen LogP contribution in [0, 0.1) is 17.6 Å². The molecular weight excluding hydrogens is 514 g/mol. The van der Waals surface area contributed by atoms with Gasteiger partial charge in [-0.1, -0.05) is 6.92 Å². The van der Waals surface area contributed by atoms with Crippen LogP contribution in [0.2, 0.25) is 0 Å². The predicted octanol–water partition coefficient (Wildman–Crippen LogP) is 4.65. The molecule has 0 saturated heterocycles. The van der Waals surface area contributed by atoms with Gasteiger partial charge in [0, 0.05) is 38.0 Å². The molecule has 5 rings (SSSR count). The number of nitrogens with zero attached hydrogens (tertiary/aromatic N) is 4. The number of hydrogen-bond donors (Lipinski definition) is 2. The van der Waals surface area contributed by atoms with Crippen molar-refractivity contribution < 1.29 is 18.3 Å². The third-order valence-electron chi connectivity index (χ3n) is 7.66. The molecule has 1 aliphatic carbocycles. The Labute approximate surface area is 232 Å². The molecule has 1 saturated carbocycles. The largest absolute Gasteiger partial charge is 0.380 e. The summed E-state index contributed by atoms with van der Waals surface area (Å²) >= 11 is 0. The van der Waals surface area contributed by atoms with E-state index in [0.29, 0.717) is 23.7 Å². The number of methoxy groups -OCH3 is 1. The van der Waals surface area contributed by atoms with Crippen LogP contribution in [0.15, 0.2) is 48.9 Å². The molecule has 4 atom stereocenters. The molecule has 1 aliphatic rings. The maximum atomic E-state index is 15.5. The number of fused-ring (bicyclic) bond motifs is 1. The number of ether oxygens (including phenoxy) is 1. The molecule has 40 heavy (non-hydrogen) atoms. The number of imidazole rings is 1. The Kier molecular flexibility index (Phi) is 7.91. The molecule has 8 nitrogen and oxygen atoms in total. The average molecular weight is 549 g/mol. The van der Waals surface area contributed by atoms with Gasteiger partial charge in [-0.2, -0.15) is 5.10 Å². The van der Waals surface area contributed by atoms with Crippen LogP contribution in [-0.4, -0.2) is 50.8 Å². The van der Waals surface area contributed by atoms with Crippen LogP contribution >= 0.6 is 0 Å². The average Bonchev–Trinajstić information content (AvgIpc) is 3.30. The first kappa shape index (κ1) is 27.8. The maximum Gasteiger partial charge on any atom is 0.254 e. The van der Waals surface area contributed by atoms with Crippen LogP contribution in [0.5, 0.6) is 0 Å². The van der Waals surface area contributed by atoms with Crippen LogP contribution < -0.4 is 11.1 Å². The van der Waals surface area contributed by atoms with E-state index in [1.54, 1.807) is 43.9 Å². The fourth-order valence-electron chi connectivity index (χ4n) is 5.87. The zero-order valence-corrected chi connectivity index (χ0v) is 23.1. The third kappa shape index (κ3) is 5.33. The highest BCUT2D eigenvalue weighted by atomic mass is 19.1. The summed E-state index contributed by atoms with van der Waals surface area (Å²) in [6.45, 7) is 5.70. The number of carbonyl (C=O) groups is 1. The van der Waals surface area contributed by atoms with E-state index in [9.17, 15) is 9.18 Å². The molecule has 0 spiro atoms. The van der Waals surface area contributed by atoms with Crippen molar-refractivity contribution in [3.05, 3.63) is 83.1 Å². The van der Waals surface area contributed by atoms with Gasteiger partial charge < -0.3 is 15.8 Å². The Morgan fingerprint density at radius 3 is 2.70 bits per heavy atom. The highest BCUT2D eigenvalue weighted by Gasteiger charge is 2.35. The lowest BCUT2D eigenvalue weighted by atomic mass is 9.74. The van der Waals surface area contributed by atoms with Gasteiger partial charge in [0.05, 0.1) is 34.6 Å². The topological polar surface area (TPSA) is 107 Å². The van der Waals surface area contributed by atoms with E-state index >= 15 is 4.39 Å². The first-order valence-corrected chi connectivity index (χ1v) is 13.5. The molecule has 10 heteroatoms. The minimum atomic E-state index is -0.960. The van der Waals surface area contributed by atoms with Gasteiger partial charge in [-0.3, -0.25) is 9.78 Å². The van der Waals surface area contributed by atoms with Gasteiger partial charge in [0.15, 0.2) is 0 Å². The van der Waals surface area contributed by atoms with Crippen LogP contribution in [0.1, 0.15) is 66.8 Å². The number of aromatic nitrogens is 4. The summed E-state index contributed by atoms with van der Waals surface area (Å²) in [7, 11) is 1.71. The smallest absolute Gasteiger partial charge is 0.254 e. The molecule has 0 unspecified atom stereocenters. The van der Waals surface area contributed by atoms with Crippen LogP contribution in [-0.2, 0) is 11.2 Å². The number of nitrogens with one attached hydrogen (secondary N) is 1. The van der Waals surface area contributed by atoms with Gasteiger partial charge in [-0.15, -0.1) is 0 Å². The third-order valence-corrected chi connectivity index (χ3v) is 7.66. The standard InChI is InChI=1S/C30H34F2N6O2/c1-16(2)36-30(39)22-6-7-23(31)27(28(22)32)25-8-5-20-15-35-26(38(20)37-25)13-19-14-34-10-9-21(19)18-11-17(3)29(40-4)24(33)12-18/h5-10,14-18,24,29H,11-13,33H2,1-4H3,(H,36,39)/t17-,18+,24+,29-/m0/s1. The van der Waals surface area contributed by atoms with Crippen molar-refractivity contribution in [1.29, 1.82) is 0 Å².